The normalized spacial score (nSPS) is 15.9. The van der Waals surface area contributed by atoms with Gasteiger partial charge in [-0.1, -0.05) is 94.4 Å². The molecule has 0 unspecified atom stereocenters. The standard InChI is InChI=1S/C35H32N2/c1-34(2)23-35(3,4)33-21-26-15-9-11-17-31(26)37(33)29-19-27(24-12-6-5-7-13-24)18-28(22-29)36-30-16-10-8-14-25(30)20-32(34)36/h5-22H,23H2,1-4H3. The molecule has 0 fully saturated rings. The number of aromatic nitrogens is 2. The van der Waals surface area contributed by atoms with E-state index in [1.807, 2.05) is 0 Å². The van der Waals surface area contributed by atoms with Crippen LogP contribution in [0.3, 0.4) is 0 Å². The van der Waals surface area contributed by atoms with E-state index in [4.69, 9.17) is 0 Å². The Morgan fingerprint density at radius 1 is 0.486 bits per heavy atom. The maximum absolute atomic E-state index is 2.51. The fourth-order valence-electron chi connectivity index (χ4n) is 6.80. The molecular formula is C35H32N2. The van der Waals surface area contributed by atoms with E-state index in [9.17, 15) is 0 Å². The van der Waals surface area contributed by atoms with Crippen LogP contribution in [-0.2, 0) is 10.8 Å². The van der Waals surface area contributed by atoms with Gasteiger partial charge in [-0.3, -0.25) is 0 Å². The summed E-state index contributed by atoms with van der Waals surface area (Å²) in [7, 11) is 0. The summed E-state index contributed by atoms with van der Waals surface area (Å²) in [6.07, 6.45) is 1.03. The average molecular weight is 481 g/mol. The van der Waals surface area contributed by atoms with Gasteiger partial charge in [0.25, 0.3) is 0 Å². The van der Waals surface area contributed by atoms with Crippen molar-refractivity contribution in [2.45, 2.75) is 44.9 Å². The summed E-state index contributed by atoms with van der Waals surface area (Å²) in [5.41, 5.74) is 10.0. The summed E-state index contributed by atoms with van der Waals surface area (Å²) in [6, 6.07) is 40.3. The molecular weight excluding hydrogens is 448 g/mol. The molecule has 1 aliphatic rings. The zero-order valence-electron chi connectivity index (χ0n) is 22.0. The fraction of sp³-hybridized carbons (Fsp3) is 0.200. The molecule has 6 aromatic rings. The van der Waals surface area contributed by atoms with Gasteiger partial charge in [0.1, 0.15) is 0 Å². The molecule has 0 N–H and O–H groups in total. The first-order chi connectivity index (χ1) is 17.8. The van der Waals surface area contributed by atoms with Crippen molar-refractivity contribution in [2.24, 2.45) is 0 Å². The molecule has 182 valence electrons. The lowest BCUT2D eigenvalue weighted by Crippen LogP contribution is -2.33. The highest BCUT2D eigenvalue weighted by molar-refractivity contribution is 5.87. The van der Waals surface area contributed by atoms with Crippen LogP contribution in [0.25, 0.3) is 44.3 Å². The lowest BCUT2D eigenvalue weighted by atomic mass is 9.71. The predicted molar refractivity (Wildman–Crippen MR) is 156 cm³/mol. The molecule has 7 rings (SSSR count). The van der Waals surface area contributed by atoms with Crippen molar-refractivity contribution in [2.75, 3.05) is 0 Å². The third-order valence-electron chi connectivity index (χ3n) is 8.22. The molecule has 0 saturated heterocycles. The molecule has 2 nitrogen and oxygen atoms in total. The van der Waals surface area contributed by atoms with Crippen LogP contribution in [0.5, 0.6) is 0 Å². The van der Waals surface area contributed by atoms with Gasteiger partial charge in [-0.25, -0.2) is 0 Å². The zero-order valence-corrected chi connectivity index (χ0v) is 22.0. The second-order valence-electron chi connectivity index (χ2n) is 11.9. The third-order valence-corrected chi connectivity index (χ3v) is 8.22. The van der Waals surface area contributed by atoms with Crippen molar-refractivity contribution in [3.63, 3.8) is 0 Å². The summed E-state index contributed by atoms with van der Waals surface area (Å²) in [5, 5.41) is 2.58. The SMILES string of the molecule is CC1(C)CC(C)(C)c2cc3ccccc3n2-c2cc(-c3ccccc3)cc(c2)-n2c1cc1ccccc12. The molecule has 2 heteroatoms. The number of hydrogen-bond donors (Lipinski definition) is 0. The Morgan fingerprint density at radius 3 is 1.46 bits per heavy atom. The van der Waals surface area contributed by atoms with Gasteiger partial charge in [-0.05, 0) is 60.0 Å². The largest absolute Gasteiger partial charge is 0.313 e. The Balaban J connectivity index is 1.66. The van der Waals surface area contributed by atoms with Crippen LogP contribution in [0.4, 0.5) is 0 Å². The second kappa shape index (κ2) is 7.73. The molecule has 0 amide bonds. The summed E-state index contributed by atoms with van der Waals surface area (Å²) < 4.78 is 5.02. The van der Waals surface area contributed by atoms with Crippen LogP contribution >= 0.6 is 0 Å². The summed E-state index contributed by atoms with van der Waals surface area (Å²) in [4.78, 5) is 0. The first-order valence-electron chi connectivity index (χ1n) is 13.3. The van der Waals surface area contributed by atoms with E-state index >= 15 is 0 Å². The minimum atomic E-state index is -0.0515. The number of para-hydroxylation sites is 2. The van der Waals surface area contributed by atoms with Gasteiger partial charge in [0.15, 0.2) is 0 Å². The molecule has 2 aromatic heterocycles. The van der Waals surface area contributed by atoms with Crippen molar-refractivity contribution in [3.8, 4) is 22.5 Å². The zero-order chi connectivity index (χ0) is 25.4. The lowest BCUT2D eigenvalue weighted by Gasteiger charge is -2.38. The molecule has 0 saturated carbocycles. The third kappa shape index (κ3) is 3.39. The van der Waals surface area contributed by atoms with E-state index in [1.165, 1.54) is 55.7 Å². The summed E-state index contributed by atoms with van der Waals surface area (Å²) in [5.74, 6) is 0. The maximum atomic E-state index is 2.51. The Hall–Kier alpha value is -4.04. The molecule has 4 aromatic carbocycles. The maximum Gasteiger partial charge on any atom is 0.0531 e. The first-order valence-corrected chi connectivity index (χ1v) is 13.3. The fourth-order valence-corrected chi connectivity index (χ4v) is 6.80. The number of rotatable bonds is 1. The summed E-state index contributed by atoms with van der Waals surface area (Å²) >= 11 is 0. The van der Waals surface area contributed by atoms with Crippen LogP contribution in [-0.4, -0.2) is 9.13 Å². The van der Waals surface area contributed by atoms with Gasteiger partial charge in [-0.2, -0.15) is 0 Å². The van der Waals surface area contributed by atoms with Gasteiger partial charge in [0.2, 0.25) is 0 Å². The first kappa shape index (κ1) is 22.2. The van der Waals surface area contributed by atoms with Gasteiger partial charge in [0.05, 0.1) is 11.0 Å². The topological polar surface area (TPSA) is 9.86 Å². The van der Waals surface area contributed by atoms with Crippen molar-refractivity contribution >= 4 is 21.8 Å². The van der Waals surface area contributed by atoms with E-state index in [0.717, 1.165) is 6.42 Å². The number of benzene rings is 4. The molecule has 3 heterocycles. The molecule has 0 spiro atoms. The number of nitrogens with zero attached hydrogens (tertiary/aromatic N) is 2. The van der Waals surface area contributed by atoms with E-state index in [1.54, 1.807) is 0 Å². The Kier molecular flexibility index (Phi) is 4.63. The molecule has 2 bridgehead atoms. The molecule has 1 aliphatic heterocycles. The van der Waals surface area contributed by atoms with E-state index in [2.05, 4.69) is 146 Å². The molecule has 37 heavy (non-hydrogen) atoms. The second-order valence-corrected chi connectivity index (χ2v) is 11.9. The Morgan fingerprint density at radius 2 is 0.946 bits per heavy atom. The van der Waals surface area contributed by atoms with Gasteiger partial charge in [-0.15, -0.1) is 0 Å². The highest BCUT2D eigenvalue weighted by Crippen LogP contribution is 2.45. The number of fused-ring (bicyclic) bond motifs is 10. The van der Waals surface area contributed by atoms with Crippen LogP contribution < -0.4 is 0 Å². The minimum Gasteiger partial charge on any atom is -0.313 e. The van der Waals surface area contributed by atoms with E-state index in [0.29, 0.717) is 0 Å². The Labute approximate surface area is 218 Å². The lowest BCUT2D eigenvalue weighted by molar-refractivity contribution is 0.331. The molecule has 0 atom stereocenters. The highest BCUT2D eigenvalue weighted by Gasteiger charge is 2.37. The van der Waals surface area contributed by atoms with Gasteiger partial charge >= 0.3 is 0 Å². The van der Waals surface area contributed by atoms with Crippen LogP contribution in [0.15, 0.2) is 109 Å². The van der Waals surface area contributed by atoms with Crippen molar-refractivity contribution in [3.05, 3.63) is 121 Å². The van der Waals surface area contributed by atoms with Crippen LogP contribution in [0.2, 0.25) is 0 Å². The van der Waals surface area contributed by atoms with Gasteiger partial charge in [0, 0.05) is 44.4 Å². The minimum absolute atomic E-state index is 0.0515. The van der Waals surface area contributed by atoms with E-state index in [-0.39, 0.29) is 10.8 Å². The highest BCUT2D eigenvalue weighted by atomic mass is 15.0. The van der Waals surface area contributed by atoms with Crippen LogP contribution in [0.1, 0.15) is 45.5 Å². The number of hydrogen-bond acceptors (Lipinski definition) is 0. The van der Waals surface area contributed by atoms with Crippen molar-refractivity contribution < 1.29 is 0 Å². The quantitative estimate of drug-likeness (QED) is 0.222. The van der Waals surface area contributed by atoms with Crippen molar-refractivity contribution in [1.29, 1.82) is 0 Å². The van der Waals surface area contributed by atoms with Gasteiger partial charge < -0.3 is 9.13 Å². The van der Waals surface area contributed by atoms with Crippen molar-refractivity contribution in [1.82, 2.24) is 9.13 Å². The predicted octanol–water partition coefficient (Wildman–Crippen LogP) is 9.20. The monoisotopic (exact) mass is 480 g/mol. The Bertz CT molecular complexity index is 1680. The molecule has 0 aliphatic carbocycles. The van der Waals surface area contributed by atoms with Crippen LogP contribution in [0, 0.1) is 0 Å². The smallest absolute Gasteiger partial charge is 0.0531 e. The summed E-state index contributed by atoms with van der Waals surface area (Å²) in [6.45, 7) is 9.65. The average Bonchev–Trinajstić information content (AvgIpc) is 3.48. The van der Waals surface area contributed by atoms with E-state index < -0.39 is 0 Å². The molecule has 0 radical (unpaired) electrons.